The SMILES string of the molecule is COc1cc(-c2nnc(SCC#CCOC(=O)c3ccccc3[N+](=O)[O-])o2)cc(OC)c1OC. The van der Waals surface area contributed by atoms with Gasteiger partial charge in [0.05, 0.1) is 32.0 Å². The summed E-state index contributed by atoms with van der Waals surface area (Å²) in [6.45, 7) is -0.216. The molecule has 3 rings (SSSR count). The predicted octanol–water partition coefficient (Wildman–Crippen LogP) is 3.62. The smallest absolute Gasteiger partial charge is 0.346 e. The van der Waals surface area contributed by atoms with E-state index in [4.69, 9.17) is 23.4 Å². The fraction of sp³-hybridized carbons (Fsp3) is 0.227. The number of thioether (sulfide) groups is 1. The van der Waals surface area contributed by atoms with Crippen LogP contribution in [-0.2, 0) is 4.74 Å². The third-order valence-corrected chi connectivity index (χ3v) is 5.01. The Morgan fingerprint density at radius 1 is 1.09 bits per heavy atom. The molecule has 11 nitrogen and oxygen atoms in total. The van der Waals surface area contributed by atoms with Crippen molar-refractivity contribution < 1.29 is 33.1 Å². The molecule has 0 radical (unpaired) electrons. The van der Waals surface area contributed by atoms with Gasteiger partial charge in [-0.2, -0.15) is 0 Å². The zero-order chi connectivity index (χ0) is 24.5. The van der Waals surface area contributed by atoms with Crippen molar-refractivity contribution in [3.63, 3.8) is 0 Å². The summed E-state index contributed by atoms with van der Waals surface area (Å²) in [5.41, 5.74) is 0.131. The Hall–Kier alpha value is -4.24. The summed E-state index contributed by atoms with van der Waals surface area (Å²) in [6, 6.07) is 8.92. The molecule has 12 heteroatoms. The van der Waals surface area contributed by atoms with Crippen molar-refractivity contribution in [3.05, 3.63) is 52.1 Å². The molecule has 0 spiro atoms. The van der Waals surface area contributed by atoms with E-state index in [0.717, 1.165) is 0 Å². The zero-order valence-electron chi connectivity index (χ0n) is 18.4. The van der Waals surface area contributed by atoms with Gasteiger partial charge in [-0.15, -0.1) is 10.2 Å². The van der Waals surface area contributed by atoms with E-state index < -0.39 is 10.9 Å². The van der Waals surface area contributed by atoms with Gasteiger partial charge >= 0.3 is 5.97 Å². The normalized spacial score (nSPS) is 10.1. The summed E-state index contributed by atoms with van der Waals surface area (Å²) in [7, 11) is 4.52. The Morgan fingerprint density at radius 3 is 2.44 bits per heavy atom. The van der Waals surface area contributed by atoms with Crippen molar-refractivity contribution >= 4 is 23.4 Å². The number of nitro groups is 1. The van der Waals surface area contributed by atoms with Crippen molar-refractivity contribution in [2.24, 2.45) is 0 Å². The number of esters is 1. The van der Waals surface area contributed by atoms with Crippen LogP contribution in [0.5, 0.6) is 17.2 Å². The van der Waals surface area contributed by atoms with Gasteiger partial charge in [-0.1, -0.05) is 35.7 Å². The van der Waals surface area contributed by atoms with E-state index in [1.54, 1.807) is 12.1 Å². The Labute approximate surface area is 198 Å². The Kier molecular flexibility index (Phi) is 8.31. The lowest BCUT2D eigenvalue weighted by Gasteiger charge is -2.12. The molecule has 0 saturated carbocycles. The minimum atomic E-state index is -0.818. The summed E-state index contributed by atoms with van der Waals surface area (Å²) in [6.07, 6.45) is 0. The van der Waals surface area contributed by atoms with Crippen LogP contribution >= 0.6 is 11.8 Å². The molecule has 0 aliphatic rings. The number of carbonyl (C=O) groups is 1. The van der Waals surface area contributed by atoms with Gasteiger partial charge < -0.3 is 23.4 Å². The molecule has 0 N–H and O–H groups in total. The summed E-state index contributed by atoms with van der Waals surface area (Å²) < 4.78 is 26.6. The van der Waals surface area contributed by atoms with E-state index in [-0.39, 0.29) is 29.0 Å². The average Bonchev–Trinajstić information content (AvgIpc) is 3.33. The molecule has 34 heavy (non-hydrogen) atoms. The van der Waals surface area contributed by atoms with Crippen LogP contribution in [0, 0.1) is 22.0 Å². The van der Waals surface area contributed by atoms with E-state index in [2.05, 4.69) is 22.0 Å². The standard InChI is InChI=1S/C22H19N3O8S/c1-29-17-12-14(13-18(30-2)19(17)31-3)20-23-24-22(33-20)34-11-7-6-10-32-21(26)15-8-4-5-9-16(15)25(27)28/h4-5,8-9,12-13H,10-11H2,1-3H3. The van der Waals surface area contributed by atoms with Crippen LogP contribution in [-0.4, -0.2) is 54.8 Å². The summed E-state index contributed by atoms with van der Waals surface area (Å²) in [4.78, 5) is 22.4. The number of carbonyl (C=O) groups excluding carboxylic acids is 1. The number of nitro benzene ring substituents is 1. The lowest BCUT2D eigenvalue weighted by atomic mass is 10.2. The summed E-state index contributed by atoms with van der Waals surface area (Å²) >= 11 is 1.19. The van der Waals surface area contributed by atoms with Crippen LogP contribution in [0.1, 0.15) is 10.4 Å². The van der Waals surface area contributed by atoms with Crippen LogP contribution in [0.25, 0.3) is 11.5 Å². The molecule has 3 aromatic rings. The number of aromatic nitrogens is 2. The number of hydrogen-bond donors (Lipinski definition) is 0. The minimum Gasteiger partial charge on any atom is -0.493 e. The fourth-order valence-corrected chi connectivity index (χ4v) is 3.31. The minimum absolute atomic E-state index is 0.131. The topological polar surface area (TPSA) is 136 Å². The Morgan fingerprint density at radius 2 is 1.79 bits per heavy atom. The maximum Gasteiger partial charge on any atom is 0.346 e. The average molecular weight is 485 g/mol. The maximum atomic E-state index is 12.0. The monoisotopic (exact) mass is 485 g/mol. The second kappa shape index (κ2) is 11.6. The first kappa shape index (κ1) is 24.4. The van der Waals surface area contributed by atoms with Crippen LogP contribution in [0.2, 0.25) is 0 Å². The molecule has 0 atom stereocenters. The van der Waals surface area contributed by atoms with Gasteiger partial charge in [0.1, 0.15) is 5.56 Å². The Balaban J connectivity index is 1.56. The lowest BCUT2D eigenvalue weighted by Crippen LogP contribution is -2.08. The fourth-order valence-electron chi connectivity index (χ4n) is 2.77. The number of rotatable bonds is 9. The molecular weight excluding hydrogens is 466 g/mol. The lowest BCUT2D eigenvalue weighted by molar-refractivity contribution is -0.385. The molecule has 0 unspecified atom stereocenters. The maximum absolute atomic E-state index is 12.0. The molecule has 1 heterocycles. The van der Waals surface area contributed by atoms with E-state index in [1.807, 2.05) is 0 Å². The van der Waals surface area contributed by atoms with Crippen molar-refractivity contribution in [1.82, 2.24) is 10.2 Å². The summed E-state index contributed by atoms with van der Waals surface area (Å²) in [5.74, 6) is 6.54. The molecule has 176 valence electrons. The molecular formula is C22H19N3O8S. The van der Waals surface area contributed by atoms with Crippen LogP contribution in [0.15, 0.2) is 46.0 Å². The van der Waals surface area contributed by atoms with Gasteiger partial charge in [0.2, 0.25) is 11.6 Å². The number of nitrogens with zero attached hydrogens (tertiary/aromatic N) is 3. The highest BCUT2D eigenvalue weighted by atomic mass is 32.2. The number of benzene rings is 2. The van der Waals surface area contributed by atoms with Crippen molar-refractivity contribution in [3.8, 4) is 40.5 Å². The van der Waals surface area contributed by atoms with E-state index in [0.29, 0.717) is 28.6 Å². The number of ether oxygens (including phenoxy) is 4. The van der Waals surface area contributed by atoms with E-state index >= 15 is 0 Å². The van der Waals surface area contributed by atoms with Crippen molar-refractivity contribution in [2.75, 3.05) is 33.7 Å². The second-order valence-corrected chi connectivity index (χ2v) is 7.21. The molecule has 0 amide bonds. The highest BCUT2D eigenvalue weighted by Gasteiger charge is 2.20. The van der Waals surface area contributed by atoms with Gasteiger partial charge in [-0.3, -0.25) is 10.1 Å². The highest BCUT2D eigenvalue weighted by molar-refractivity contribution is 7.99. The molecule has 1 aromatic heterocycles. The largest absolute Gasteiger partial charge is 0.493 e. The number of methoxy groups -OCH3 is 3. The van der Waals surface area contributed by atoms with Crippen LogP contribution in [0.4, 0.5) is 5.69 Å². The van der Waals surface area contributed by atoms with Crippen LogP contribution in [0.3, 0.4) is 0 Å². The number of hydrogen-bond acceptors (Lipinski definition) is 11. The first-order chi connectivity index (χ1) is 16.5. The van der Waals surface area contributed by atoms with E-state index in [1.165, 1.54) is 57.4 Å². The zero-order valence-corrected chi connectivity index (χ0v) is 19.2. The Bertz CT molecular complexity index is 1220. The molecule has 0 fully saturated rings. The van der Waals surface area contributed by atoms with Crippen molar-refractivity contribution in [1.29, 1.82) is 0 Å². The van der Waals surface area contributed by atoms with Gasteiger partial charge in [0, 0.05) is 11.6 Å². The van der Waals surface area contributed by atoms with Crippen LogP contribution < -0.4 is 14.2 Å². The second-order valence-electron chi connectivity index (χ2n) is 6.28. The quantitative estimate of drug-likeness (QED) is 0.144. The molecule has 2 aromatic carbocycles. The van der Waals surface area contributed by atoms with E-state index in [9.17, 15) is 14.9 Å². The molecule has 0 aliphatic carbocycles. The summed E-state index contributed by atoms with van der Waals surface area (Å²) in [5, 5.41) is 19.3. The first-order valence-corrected chi connectivity index (χ1v) is 10.6. The highest BCUT2D eigenvalue weighted by Crippen LogP contribution is 2.41. The van der Waals surface area contributed by atoms with Gasteiger partial charge in [-0.25, -0.2) is 4.79 Å². The predicted molar refractivity (Wildman–Crippen MR) is 121 cm³/mol. The van der Waals surface area contributed by atoms with Crippen molar-refractivity contribution in [2.45, 2.75) is 5.22 Å². The van der Waals surface area contributed by atoms with Gasteiger partial charge in [0.15, 0.2) is 18.1 Å². The molecule has 0 aliphatic heterocycles. The molecule has 0 bridgehead atoms. The van der Waals surface area contributed by atoms with Gasteiger partial charge in [-0.05, 0) is 18.2 Å². The third-order valence-electron chi connectivity index (χ3n) is 4.31. The first-order valence-electron chi connectivity index (χ1n) is 9.61. The van der Waals surface area contributed by atoms with Gasteiger partial charge in [0.25, 0.3) is 10.9 Å². The number of para-hydroxylation sites is 1. The molecule has 0 saturated heterocycles. The third kappa shape index (κ3) is 5.76.